The molecule has 1 atom stereocenters. The summed E-state index contributed by atoms with van der Waals surface area (Å²) in [6.45, 7) is 15.1. The van der Waals surface area contributed by atoms with E-state index in [2.05, 4.69) is 58.3 Å². The van der Waals surface area contributed by atoms with Gasteiger partial charge in [-0.25, -0.2) is 0 Å². The van der Waals surface area contributed by atoms with Gasteiger partial charge in [-0.3, -0.25) is 0 Å². The highest BCUT2D eigenvalue weighted by atomic mass is 28.4. The van der Waals surface area contributed by atoms with Crippen molar-refractivity contribution >= 4 is 13.9 Å². The fraction of sp³-hybridized carbons (Fsp3) is 0.400. The third-order valence-corrected chi connectivity index (χ3v) is 4.91. The summed E-state index contributed by atoms with van der Waals surface area (Å²) < 4.78 is 11.9. The van der Waals surface area contributed by atoms with Gasteiger partial charge in [0.2, 0.25) is 8.32 Å². The Kier molecular flexibility index (Phi) is 5.20. The van der Waals surface area contributed by atoms with E-state index in [1.807, 2.05) is 12.1 Å². The van der Waals surface area contributed by atoms with Gasteiger partial charge in [-0.2, -0.15) is 0 Å². The molecule has 0 amide bonds. The lowest BCUT2D eigenvalue weighted by molar-refractivity contribution is 0.411. The Bertz CT molecular complexity index is 662. The predicted octanol–water partition coefficient (Wildman–Crippen LogP) is 5.80. The molecule has 0 aromatic heterocycles. The molecule has 1 aliphatic carbocycles. The van der Waals surface area contributed by atoms with E-state index < -0.39 is 8.32 Å². The molecular weight excluding hydrogens is 300 g/mol. The van der Waals surface area contributed by atoms with Crippen molar-refractivity contribution in [1.29, 1.82) is 0 Å². The second kappa shape index (κ2) is 6.79. The number of methoxy groups -OCH3 is 1. The smallest absolute Gasteiger partial charge is 0.242 e. The van der Waals surface area contributed by atoms with Gasteiger partial charge in [0.25, 0.3) is 0 Å². The summed E-state index contributed by atoms with van der Waals surface area (Å²) in [7, 11) is 0.0587. The van der Waals surface area contributed by atoms with Gasteiger partial charge < -0.3 is 9.16 Å². The van der Waals surface area contributed by atoms with Crippen LogP contribution >= 0.6 is 0 Å². The van der Waals surface area contributed by atoms with Gasteiger partial charge in [0.15, 0.2) is 0 Å². The molecule has 0 aliphatic heterocycles. The SMILES string of the molecule is C=C(C)[C@@H]1C=C(O[Si](C)(C)C)C(C)=C(c2ccccc2OC)C1. The van der Waals surface area contributed by atoms with E-state index in [9.17, 15) is 0 Å². The van der Waals surface area contributed by atoms with E-state index in [0.717, 1.165) is 23.5 Å². The van der Waals surface area contributed by atoms with Crippen LogP contribution in [0.1, 0.15) is 25.8 Å². The van der Waals surface area contributed by atoms with Gasteiger partial charge in [-0.05, 0) is 63.2 Å². The van der Waals surface area contributed by atoms with Gasteiger partial charge in [0, 0.05) is 11.5 Å². The molecule has 0 unspecified atom stereocenters. The summed E-state index contributed by atoms with van der Waals surface area (Å²) >= 11 is 0. The van der Waals surface area contributed by atoms with Crippen molar-refractivity contribution in [3.05, 3.63) is 59.4 Å². The molecule has 0 N–H and O–H groups in total. The van der Waals surface area contributed by atoms with Gasteiger partial charge in [0.05, 0.1) is 7.11 Å². The first-order chi connectivity index (χ1) is 10.7. The van der Waals surface area contributed by atoms with Gasteiger partial charge in [-0.1, -0.05) is 30.4 Å². The van der Waals surface area contributed by atoms with Crippen LogP contribution in [0.2, 0.25) is 19.6 Å². The number of para-hydroxylation sites is 1. The van der Waals surface area contributed by atoms with Crippen molar-refractivity contribution in [1.82, 2.24) is 0 Å². The molecule has 124 valence electrons. The molecule has 2 rings (SSSR count). The van der Waals surface area contributed by atoms with Crippen LogP contribution in [0.4, 0.5) is 0 Å². The second-order valence-electron chi connectivity index (χ2n) is 7.21. The monoisotopic (exact) mass is 328 g/mol. The van der Waals surface area contributed by atoms with Crippen molar-refractivity contribution < 1.29 is 9.16 Å². The maximum Gasteiger partial charge on any atom is 0.242 e. The molecule has 0 saturated carbocycles. The number of ether oxygens (including phenoxy) is 1. The largest absolute Gasteiger partial charge is 0.544 e. The molecule has 0 fully saturated rings. The first-order valence-corrected chi connectivity index (χ1v) is 11.5. The van der Waals surface area contributed by atoms with E-state index in [1.54, 1.807) is 7.11 Å². The molecule has 1 aliphatic rings. The lowest BCUT2D eigenvalue weighted by atomic mass is 9.82. The average Bonchev–Trinajstić information content (AvgIpc) is 2.47. The minimum Gasteiger partial charge on any atom is -0.544 e. The lowest BCUT2D eigenvalue weighted by Gasteiger charge is -2.30. The predicted molar refractivity (Wildman–Crippen MR) is 101 cm³/mol. The van der Waals surface area contributed by atoms with E-state index >= 15 is 0 Å². The van der Waals surface area contributed by atoms with E-state index in [0.29, 0.717) is 5.92 Å². The fourth-order valence-electron chi connectivity index (χ4n) is 2.85. The standard InChI is InChI=1S/C20H28O2Si/c1-14(2)16-12-18(17-10-8-9-11-19(17)21-4)15(3)20(13-16)22-23(5,6)7/h8-11,13,16H,1,12H2,2-7H3/t16-/m0/s1. The Morgan fingerprint density at radius 1 is 1.22 bits per heavy atom. The van der Waals surface area contributed by atoms with E-state index in [4.69, 9.17) is 9.16 Å². The summed E-state index contributed by atoms with van der Waals surface area (Å²) in [5.74, 6) is 2.24. The molecule has 0 spiro atoms. The second-order valence-corrected chi connectivity index (χ2v) is 11.6. The molecule has 0 radical (unpaired) electrons. The van der Waals surface area contributed by atoms with Gasteiger partial charge in [-0.15, -0.1) is 0 Å². The third-order valence-electron chi connectivity index (χ3n) is 4.08. The van der Waals surface area contributed by atoms with E-state index in [-0.39, 0.29) is 0 Å². The Morgan fingerprint density at radius 3 is 2.43 bits per heavy atom. The molecule has 23 heavy (non-hydrogen) atoms. The Morgan fingerprint density at radius 2 is 1.87 bits per heavy atom. The molecule has 2 nitrogen and oxygen atoms in total. The zero-order valence-electron chi connectivity index (χ0n) is 15.2. The summed E-state index contributed by atoms with van der Waals surface area (Å²) in [6, 6.07) is 8.21. The molecule has 1 aromatic rings. The molecule has 3 heteroatoms. The van der Waals surface area contributed by atoms with Crippen LogP contribution in [-0.4, -0.2) is 15.4 Å². The zero-order valence-corrected chi connectivity index (χ0v) is 16.2. The summed E-state index contributed by atoms with van der Waals surface area (Å²) in [5.41, 5.74) is 4.84. The average molecular weight is 329 g/mol. The molecule has 0 bridgehead atoms. The van der Waals surface area contributed by atoms with Crippen molar-refractivity contribution in [2.45, 2.75) is 39.9 Å². The highest BCUT2D eigenvalue weighted by Gasteiger charge is 2.27. The highest BCUT2D eigenvalue weighted by Crippen LogP contribution is 2.41. The van der Waals surface area contributed by atoms with Crippen LogP contribution in [0.25, 0.3) is 5.57 Å². The Labute approximate surface area is 141 Å². The summed E-state index contributed by atoms with van der Waals surface area (Å²) in [4.78, 5) is 0. The first kappa shape index (κ1) is 17.6. The van der Waals surface area contributed by atoms with E-state index in [1.165, 1.54) is 16.7 Å². The normalized spacial score (nSPS) is 18.5. The maximum absolute atomic E-state index is 6.36. The van der Waals surface area contributed by atoms with Crippen molar-refractivity contribution in [3.8, 4) is 5.75 Å². The topological polar surface area (TPSA) is 18.5 Å². The summed E-state index contributed by atoms with van der Waals surface area (Å²) in [5, 5.41) is 0. The van der Waals surface area contributed by atoms with Crippen LogP contribution in [0.15, 0.2) is 53.8 Å². The minimum atomic E-state index is -1.67. The number of benzene rings is 1. The molecule has 1 aromatic carbocycles. The number of rotatable bonds is 5. The number of hydrogen-bond acceptors (Lipinski definition) is 2. The molecule has 0 saturated heterocycles. The van der Waals surface area contributed by atoms with Crippen LogP contribution in [0.3, 0.4) is 0 Å². The van der Waals surface area contributed by atoms with Gasteiger partial charge in [0.1, 0.15) is 11.5 Å². The Hall–Kier alpha value is -1.74. The lowest BCUT2D eigenvalue weighted by Crippen LogP contribution is -2.26. The molecule has 0 heterocycles. The zero-order chi connectivity index (χ0) is 17.2. The van der Waals surface area contributed by atoms with Crippen molar-refractivity contribution in [2.75, 3.05) is 7.11 Å². The maximum atomic E-state index is 6.36. The quantitative estimate of drug-likeness (QED) is 0.502. The summed E-state index contributed by atoms with van der Waals surface area (Å²) in [6.07, 6.45) is 3.19. The Balaban J connectivity index is 2.53. The van der Waals surface area contributed by atoms with Crippen LogP contribution in [0, 0.1) is 5.92 Å². The van der Waals surface area contributed by atoms with Gasteiger partial charge >= 0.3 is 0 Å². The van der Waals surface area contributed by atoms with Crippen LogP contribution < -0.4 is 4.74 Å². The van der Waals surface area contributed by atoms with Crippen LogP contribution in [0.5, 0.6) is 5.75 Å². The number of allylic oxidation sites excluding steroid dienone is 4. The fourth-order valence-corrected chi connectivity index (χ4v) is 3.73. The number of hydrogen-bond donors (Lipinski definition) is 0. The highest BCUT2D eigenvalue weighted by molar-refractivity contribution is 6.70. The molecular formula is C20H28O2Si. The third kappa shape index (κ3) is 4.17. The first-order valence-electron chi connectivity index (χ1n) is 8.12. The van der Waals surface area contributed by atoms with Crippen molar-refractivity contribution in [3.63, 3.8) is 0 Å². The minimum absolute atomic E-state index is 0.310. The van der Waals surface area contributed by atoms with Crippen LogP contribution in [-0.2, 0) is 4.43 Å². The van der Waals surface area contributed by atoms with Crippen molar-refractivity contribution in [2.24, 2.45) is 5.92 Å².